The fourth-order valence-electron chi connectivity index (χ4n) is 6.10. The predicted octanol–water partition coefficient (Wildman–Crippen LogP) is 4.13. The van der Waals surface area contributed by atoms with Crippen molar-refractivity contribution in [2.45, 2.75) is 55.7 Å². The van der Waals surface area contributed by atoms with Gasteiger partial charge in [-0.05, 0) is 62.3 Å². The number of thioether (sulfide) groups is 1. The van der Waals surface area contributed by atoms with E-state index in [4.69, 9.17) is 16.6 Å². The van der Waals surface area contributed by atoms with Crippen LogP contribution in [0, 0.1) is 27.9 Å². The number of nitrogens with one attached hydrogen (secondary N) is 2. The quantitative estimate of drug-likeness (QED) is 0.504. The lowest BCUT2D eigenvalue weighted by Gasteiger charge is -2.55. The van der Waals surface area contributed by atoms with Crippen molar-refractivity contribution in [3.8, 4) is 0 Å². The first kappa shape index (κ1) is 20.8. The summed E-state index contributed by atoms with van der Waals surface area (Å²) in [5, 5.41) is 16.6. The van der Waals surface area contributed by atoms with Crippen molar-refractivity contribution in [1.82, 2.24) is 5.32 Å². The second-order valence-corrected chi connectivity index (χ2v) is 10.9. The van der Waals surface area contributed by atoms with E-state index in [9.17, 15) is 19.7 Å². The van der Waals surface area contributed by atoms with Crippen LogP contribution < -0.4 is 10.6 Å². The van der Waals surface area contributed by atoms with E-state index in [1.165, 1.54) is 49.2 Å². The van der Waals surface area contributed by atoms with Gasteiger partial charge >= 0.3 is 0 Å². The first-order valence-electron chi connectivity index (χ1n) is 10.6. The fourth-order valence-corrected chi connectivity index (χ4v) is 7.34. The van der Waals surface area contributed by atoms with Gasteiger partial charge in [0.15, 0.2) is 5.17 Å². The van der Waals surface area contributed by atoms with E-state index in [1.54, 1.807) is 0 Å². The van der Waals surface area contributed by atoms with Crippen molar-refractivity contribution in [2.24, 2.45) is 22.7 Å². The lowest BCUT2D eigenvalue weighted by atomic mass is 9.53. The normalized spacial score (nSPS) is 34.7. The second kappa shape index (κ2) is 7.78. The number of hydrogen-bond acceptors (Lipinski definition) is 6. The van der Waals surface area contributed by atoms with Gasteiger partial charge in [0.05, 0.1) is 21.2 Å². The summed E-state index contributed by atoms with van der Waals surface area (Å²) in [4.78, 5) is 40.4. The number of carbonyl (C=O) groups is 2. The molecule has 5 fully saturated rings. The highest BCUT2D eigenvalue weighted by atomic mass is 35.5. The molecule has 4 bridgehead atoms. The third kappa shape index (κ3) is 4.17. The topological polar surface area (TPSA) is 114 Å². The summed E-state index contributed by atoms with van der Waals surface area (Å²) in [5.74, 6) is 1.64. The molecule has 1 aromatic rings. The molecule has 1 unspecified atom stereocenters. The van der Waals surface area contributed by atoms with Crippen molar-refractivity contribution in [1.29, 1.82) is 0 Å². The van der Waals surface area contributed by atoms with E-state index in [-0.39, 0.29) is 34.3 Å². The van der Waals surface area contributed by atoms with Crippen LogP contribution in [-0.2, 0) is 9.59 Å². The van der Waals surface area contributed by atoms with E-state index in [2.05, 4.69) is 10.6 Å². The average molecular weight is 463 g/mol. The van der Waals surface area contributed by atoms with Gasteiger partial charge in [0.1, 0.15) is 5.25 Å². The zero-order valence-electron chi connectivity index (χ0n) is 16.8. The molecule has 8 nitrogen and oxygen atoms in total. The molecule has 1 atom stereocenters. The summed E-state index contributed by atoms with van der Waals surface area (Å²) in [5.41, 5.74) is -0.0534. The van der Waals surface area contributed by atoms with Gasteiger partial charge in [0.2, 0.25) is 11.8 Å². The van der Waals surface area contributed by atoms with Crippen molar-refractivity contribution in [3.05, 3.63) is 33.3 Å². The standard InChI is InChI=1S/C21H23ClN4O4S/c22-15-2-1-14(26(29)30)6-16(15)23-18(27)7-17-19(28)24-20(31-17)25-21-8-11-3-12(9-21)5-13(4-11)10-21/h1-2,6,11-13,17H,3-5,7-10H2,(H,23,27)(H,24,25,28). The number of rotatable bonds is 5. The SMILES string of the molecule is O=C(CC1SC(=NC23CC4CC(CC(C4)C2)C3)NC1=O)Nc1cc([N+](=O)[O-])ccc1Cl. The van der Waals surface area contributed by atoms with E-state index >= 15 is 0 Å². The van der Waals surface area contributed by atoms with Crippen LogP contribution >= 0.6 is 23.4 Å². The Morgan fingerprint density at radius 1 is 1.26 bits per heavy atom. The van der Waals surface area contributed by atoms with Crippen LogP contribution in [0.1, 0.15) is 44.9 Å². The molecule has 31 heavy (non-hydrogen) atoms. The van der Waals surface area contributed by atoms with Crippen LogP contribution in [0.25, 0.3) is 0 Å². The number of anilines is 1. The van der Waals surface area contributed by atoms with E-state index in [0.29, 0.717) is 5.17 Å². The molecule has 1 aromatic carbocycles. The number of nitro groups is 1. The Balaban J connectivity index is 1.24. The Kier molecular flexibility index (Phi) is 5.21. The second-order valence-electron chi connectivity index (χ2n) is 9.33. The van der Waals surface area contributed by atoms with Crippen molar-refractivity contribution in [3.63, 3.8) is 0 Å². The summed E-state index contributed by atoms with van der Waals surface area (Å²) in [7, 11) is 0. The fraction of sp³-hybridized carbons (Fsp3) is 0.571. The lowest BCUT2D eigenvalue weighted by Crippen LogP contribution is -2.50. The number of non-ortho nitro benzene ring substituents is 1. The lowest BCUT2D eigenvalue weighted by molar-refractivity contribution is -0.384. The maximum atomic E-state index is 12.5. The molecule has 0 spiro atoms. The minimum atomic E-state index is -0.579. The number of hydrogen-bond donors (Lipinski definition) is 2. The molecule has 0 aromatic heterocycles. The van der Waals surface area contributed by atoms with Gasteiger partial charge in [-0.2, -0.15) is 0 Å². The average Bonchev–Trinajstić information content (AvgIpc) is 3.00. The Bertz CT molecular complexity index is 962. The smallest absolute Gasteiger partial charge is 0.271 e. The van der Waals surface area contributed by atoms with Crippen molar-refractivity contribution in [2.75, 3.05) is 5.32 Å². The Morgan fingerprint density at radius 2 is 1.90 bits per heavy atom. The Labute approximate surface area is 188 Å². The predicted molar refractivity (Wildman–Crippen MR) is 119 cm³/mol. The third-order valence-electron chi connectivity index (χ3n) is 6.93. The summed E-state index contributed by atoms with van der Waals surface area (Å²) in [6.45, 7) is 0. The molecule has 2 N–H and O–H groups in total. The van der Waals surface area contributed by atoms with Crippen LogP contribution in [0.2, 0.25) is 5.02 Å². The van der Waals surface area contributed by atoms with Crippen LogP contribution in [0.3, 0.4) is 0 Å². The molecule has 4 aliphatic carbocycles. The van der Waals surface area contributed by atoms with Crippen LogP contribution in [0.5, 0.6) is 0 Å². The number of aliphatic imine (C=N–C) groups is 1. The molecule has 0 radical (unpaired) electrons. The van der Waals surface area contributed by atoms with E-state index in [0.717, 1.165) is 37.0 Å². The first-order chi connectivity index (χ1) is 14.8. The van der Waals surface area contributed by atoms with E-state index in [1.807, 2.05) is 0 Å². The first-order valence-corrected chi connectivity index (χ1v) is 11.9. The number of nitro benzene ring substituents is 1. The number of amides is 2. The van der Waals surface area contributed by atoms with Crippen LogP contribution in [0.4, 0.5) is 11.4 Å². The molecule has 2 amide bonds. The van der Waals surface area contributed by atoms with Gasteiger partial charge in [0, 0.05) is 18.6 Å². The zero-order chi connectivity index (χ0) is 21.8. The van der Waals surface area contributed by atoms with Crippen molar-refractivity contribution < 1.29 is 14.5 Å². The third-order valence-corrected chi connectivity index (χ3v) is 8.34. The number of carbonyl (C=O) groups excluding carboxylic acids is 2. The molecule has 6 rings (SSSR count). The molecular formula is C21H23ClN4O4S. The maximum Gasteiger partial charge on any atom is 0.271 e. The summed E-state index contributed by atoms with van der Waals surface area (Å²) in [6, 6.07) is 3.84. The minimum Gasteiger partial charge on any atom is -0.325 e. The molecule has 1 aliphatic heterocycles. The highest BCUT2D eigenvalue weighted by Crippen LogP contribution is 2.57. The van der Waals surface area contributed by atoms with E-state index < -0.39 is 16.1 Å². The van der Waals surface area contributed by atoms with Gasteiger partial charge < -0.3 is 10.6 Å². The summed E-state index contributed by atoms with van der Waals surface area (Å²) in [6.07, 6.45) is 7.24. The van der Waals surface area contributed by atoms with Crippen LogP contribution in [-0.4, -0.2) is 32.7 Å². The molecule has 1 saturated heterocycles. The Morgan fingerprint density at radius 3 is 2.52 bits per heavy atom. The molecular weight excluding hydrogens is 440 g/mol. The summed E-state index contributed by atoms with van der Waals surface area (Å²) >= 11 is 7.35. The minimum absolute atomic E-state index is 0.0436. The van der Waals surface area contributed by atoms with Gasteiger partial charge in [-0.15, -0.1) is 0 Å². The largest absolute Gasteiger partial charge is 0.325 e. The highest BCUT2D eigenvalue weighted by molar-refractivity contribution is 8.15. The monoisotopic (exact) mass is 462 g/mol. The molecule has 5 aliphatic rings. The molecule has 10 heteroatoms. The van der Waals surface area contributed by atoms with Gasteiger partial charge in [-0.1, -0.05) is 23.4 Å². The number of halogens is 1. The highest BCUT2D eigenvalue weighted by Gasteiger charge is 2.51. The van der Waals surface area contributed by atoms with Crippen LogP contribution in [0.15, 0.2) is 23.2 Å². The number of amidine groups is 1. The van der Waals surface area contributed by atoms with Gasteiger partial charge in [-0.25, -0.2) is 0 Å². The molecule has 164 valence electrons. The zero-order valence-corrected chi connectivity index (χ0v) is 18.4. The Hall–Kier alpha value is -2.13. The van der Waals surface area contributed by atoms with Gasteiger partial charge in [0.25, 0.3) is 5.69 Å². The number of nitrogens with zero attached hydrogens (tertiary/aromatic N) is 2. The van der Waals surface area contributed by atoms with Gasteiger partial charge in [-0.3, -0.25) is 24.7 Å². The maximum absolute atomic E-state index is 12.5. The molecule has 1 heterocycles. The van der Waals surface area contributed by atoms with Crippen molar-refractivity contribution >= 4 is 51.7 Å². The molecule has 4 saturated carbocycles. The summed E-state index contributed by atoms with van der Waals surface area (Å²) < 4.78 is 0. The number of benzene rings is 1.